The maximum atomic E-state index is 13.4. The minimum atomic E-state index is -0.634. The summed E-state index contributed by atoms with van der Waals surface area (Å²) in [5.41, 5.74) is 3.94. The lowest BCUT2D eigenvalue weighted by atomic mass is 10.1. The minimum absolute atomic E-state index is 0.0163. The van der Waals surface area contributed by atoms with Crippen molar-refractivity contribution in [1.29, 1.82) is 0 Å². The zero-order chi connectivity index (χ0) is 24.7. The molecule has 2 aromatic rings. The highest BCUT2D eigenvalue weighted by molar-refractivity contribution is 6.42. The lowest BCUT2D eigenvalue weighted by Gasteiger charge is -2.31. The molecule has 0 bridgehead atoms. The fourth-order valence-electron chi connectivity index (χ4n) is 3.57. The molecule has 1 N–H and O–H groups in total. The van der Waals surface area contributed by atoms with E-state index < -0.39 is 6.04 Å². The van der Waals surface area contributed by atoms with Crippen LogP contribution in [0.5, 0.6) is 5.75 Å². The van der Waals surface area contributed by atoms with E-state index in [0.29, 0.717) is 22.2 Å². The maximum Gasteiger partial charge on any atom is 0.261 e. The number of amides is 2. The molecule has 0 unspecified atom stereocenters. The summed E-state index contributed by atoms with van der Waals surface area (Å²) >= 11 is 12.2. The van der Waals surface area contributed by atoms with Crippen LogP contribution in [0.25, 0.3) is 0 Å². The van der Waals surface area contributed by atoms with Crippen molar-refractivity contribution in [2.24, 2.45) is 0 Å². The zero-order valence-electron chi connectivity index (χ0n) is 20.3. The van der Waals surface area contributed by atoms with E-state index in [4.69, 9.17) is 27.9 Å². The SMILES string of the molecule is CC[C@@H](C)NC(=O)[C@H](CC)N(Cc1ccc(Cl)c(Cl)c1)C(=O)COc1cc(C)cc(C)c1C. The first-order valence-electron chi connectivity index (χ1n) is 11.3. The number of nitrogens with zero attached hydrogens (tertiary/aromatic N) is 1. The van der Waals surface area contributed by atoms with Crippen molar-refractivity contribution in [2.75, 3.05) is 6.61 Å². The summed E-state index contributed by atoms with van der Waals surface area (Å²) in [6, 6.07) is 8.60. The van der Waals surface area contributed by atoms with E-state index in [1.807, 2.05) is 53.7 Å². The van der Waals surface area contributed by atoms with Gasteiger partial charge in [0.05, 0.1) is 10.0 Å². The van der Waals surface area contributed by atoms with E-state index in [-0.39, 0.29) is 31.0 Å². The quantitative estimate of drug-likeness (QED) is 0.440. The number of hydrogen-bond acceptors (Lipinski definition) is 3. The Morgan fingerprint density at radius 1 is 1.03 bits per heavy atom. The molecule has 33 heavy (non-hydrogen) atoms. The molecular weight excluding hydrogens is 459 g/mol. The number of halogens is 2. The van der Waals surface area contributed by atoms with Gasteiger partial charge in [0.2, 0.25) is 5.91 Å². The Morgan fingerprint density at radius 3 is 2.33 bits per heavy atom. The Labute approximate surface area is 207 Å². The van der Waals surface area contributed by atoms with E-state index in [1.54, 1.807) is 17.0 Å². The number of ether oxygens (including phenoxy) is 1. The molecule has 0 aromatic heterocycles. The van der Waals surface area contributed by atoms with Crippen molar-refractivity contribution in [3.63, 3.8) is 0 Å². The minimum Gasteiger partial charge on any atom is -0.483 e. The highest BCUT2D eigenvalue weighted by Crippen LogP contribution is 2.25. The molecule has 0 aliphatic heterocycles. The number of aryl methyl sites for hydroxylation is 2. The zero-order valence-corrected chi connectivity index (χ0v) is 21.8. The average molecular weight is 493 g/mol. The molecule has 2 amide bonds. The van der Waals surface area contributed by atoms with Gasteiger partial charge in [-0.3, -0.25) is 9.59 Å². The summed E-state index contributed by atoms with van der Waals surface area (Å²) in [7, 11) is 0. The van der Waals surface area contributed by atoms with E-state index in [9.17, 15) is 9.59 Å². The number of nitrogens with one attached hydrogen (secondary N) is 1. The van der Waals surface area contributed by atoms with Crippen molar-refractivity contribution < 1.29 is 14.3 Å². The summed E-state index contributed by atoms with van der Waals surface area (Å²) < 4.78 is 5.93. The summed E-state index contributed by atoms with van der Waals surface area (Å²) in [5, 5.41) is 3.84. The monoisotopic (exact) mass is 492 g/mol. The highest BCUT2D eigenvalue weighted by atomic mass is 35.5. The number of benzene rings is 2. The first-order valence-corrected chi connectivity index (χ1v) is 12.1. The van der Waals surface area contributed by atoms with Crippen molar-refractivity contribution >= 4 is 35.0 Å². The van der Waals surface area contributed by atoms with Crippen molar-refractivity contribution in [1.82, 2.24) is 10.2 Å². The Hall–Kier alpha value is -2.24. The molecule has 2 aromatic carbocycles. The Balaban J connectivity index is 2.30. The van der Waals surface area contributed by atoms with Crippen molar-refractivity contribution in [2.45, 2.75) is 73.0 Å². The number of hydrogen-bond donors (Lipinski definition) is 1. The van der Waals surface area contributed by atoms with Gasteiger partial charge in [-0.2, -0.15) is 0 Å². The van der Waals surface area contributed by atoms with Gasteiger partial charge in [0.15, 0.2) is 6.61 Å². The van der Waals surface area contributed by atoms with E-state index in [1.165, 1.54) is 0 Å². The molecule has 5 nitrogen and oxygen atoms in total. The predicted octanol–water partition coefficient (Wildman–Crippen LogP) is 6.02. The fourth-order valence-corrected chi connectivity index (χ4v) is 3.89. The predicted molar refractivity (Wildman–Crippen MR) is 135 cm³/mol. The molecule has 0 heterocycles. The summed E-state index contributed by atoms with van der Waals surface area (Å²) in [6.45, 7) is 11.9. The Morgan fingerprint density at radius 2 is 1.73 bits per heavy atom. The third-order valence-electron chi connectivity index (χ3n) is 5.84. The number of carbonyl (C=O) groups is 2. The van der Waals surface area contributed by atoms with Crippen molar-refractivity contribution in [3.05, 3.63) is 62.6 Å². The van der Waals surface area contributed by atoms with Crippen LogP contribution >= 0.6 is 23.2 Å². The molecule has 0 aliphatic carbocycles. The second-order valence-corrected chi connectivity index (χ2v) is 9.32. The molecule has 0 radical (unpaired) electrons. The second kappa shape index (κ2) is 12.3. The van der Waals surface area contributed by atoms with Crippen LogP contribution in [-0.4, -0.2) is 35.4 Å². The van der Waals surface area contributed by atoms with Gasteiger partial charge < -0.3 is 15.0 Å². The molecular formula is C26H34Cl2N2O3. The molecule has 2 atom stereocenters. The lowest BCUT2D eigenvalue weighted by Crippen LogP contribution is -2.51. The first-order chi connectivity index (χ1) is 15.6. The van der Waals surface area contributed by atoms with Gasteiger partial charge in [-0.25, -0.2) is 0 Å². The average Bonchev–Trinajstić information content (AvgIpc) is 2.77. The number of carbonyl (C=O) groups excluding carboxylic acids is 2. The smallest absolute Gasteiger partial charge is 0.261 e. The Bertz CT molecular complexity index is 994. The third-order valence-corrected chi connectivity index (χ3v) is 6.58. The second-order valence-electron chi connectivity index (χ2n) is 8.51. The maximum absolute atomic E-state index is 13.4. The molecule has 0 saturated heterocycles. The lowest BCUT2D eigenvalue weighted by molar-refractivity contribution is -0.143. The molecule has 7 heteroatoms. The fraction of sp³-hybridized carbons (Fsp3) is 0.462. The van der Waals surface area contributed by atoms with Crippen LogP contribution in [-0.2, 0) is 16.1 Å². The van der Waals surface area contributed by atoms with Crippen LogP contribution in [0.15, 0.2) is 30.3 Å². The largest absolute Gasteiger partial charge is 0.483 e. The van der Waals surface area contributed by atoms with Crippen LogP contribution in [0, 0.1) is 20.8 Å². The van der Waals surface area contributed by atoms with Gasteiger partial charge in [0.1, 0.15) is 11.8 Å². The van der Waals surface area contributed by atoms with Crippen LogP contribution in [0.3, 0.4) is 0 Å². The van der Waals surface area contributed by atoms with Crippen molar-refractivity contribution in [3.8, 4) is 5.75 Å². The summed E-state index contributed by atoms with van der Waals surface area (Å²) in [6.07, 6.45) is 1.27. The molecule has 0 saturated carbocycles. The van der Waals surface area contributed by atoms with Gasteiger partial charge in [0.25, 0.3) is 5.91 Å². The molecule has 0 aliphatic rings. The van der Waals surface area contributed by atoms with Gasteiger partial charge in [-0.15, -0.1) is 0 Å². The summed E-state index contributed by atoms with van der Waals surface area (Å²) in [4.78, 5) is 28.0. The van der Waals surface area contributed by atoms with Gasteiger partial charge in [0, 0.05) is 12.6 Å². The number of rotatable bonds is 10. The topological polar surface area (TPSA) is 58.6 Å². The van der Waals surface area contributed by atoms with Crippen LogP contribution < -0.4 is 10.1 Å². The highest BCUT2D eigenvalue weighted by Gasteiger charge is 2.29. The van der Waals surface area contributed by atoms with E-state index in [2.05, 4.69) is 11.4 Å². The molecule has 2 rings (SSSR count). The van der Waals surface area contributed by atoms with E-state index >= 15 is 0 Å². The van der Waals surface area contributed by atoms with Gasteiger partial charge >= 0.3 is 0 Å². The Kier molecular flexibility index (Phi) is 10.1. The van der Waals surface area contributed by atoms with E-state index in [0.717, 1.165) is 28.7 Å². The standard InChI is InChI=1S/C26H34Cl2N2O3/c1-7-18(5)29-26(32)23(8-2)30(14-20-9-10-21(27)22(28)13-20)25(31)15-33-24-12-16(3)11-17(4)19(24)6/h9-13,18,23H,7-8,14-15H2,1-6H3,(H,29,32)/t18-,23+/m1/s1. The third kappa shape index (κ3) is 7.38. The molecule has 180 valence electrons. The first kappa shape index (κ1) is 27.0. The molecule has 0 spiro atoms. The normalized spacial score (nSPS) is 12.7. The molecule has 0 fully saturated rings. The van der Waals surface area contributed by atoms with Crippen LogP contribution in [0.4, 0.5) is 0 Å². The summed E-state index contributed by atoms with van der Waals surface area (Å²) in [5.74, 6) is 0.223. The van der Waals surface area contributed by atoms with Gasteiger partial charge in [-0.05, 0) is 81.0 Å². The van der Waals surface area contributed by atoms with Crippen LogP contribution in [0.2, 0.25) is 10.0 Å². The van der Waals surface area contributed by atoms with Gasteiger partial charge in [-0.1, -0.05) is 49.2 Å². The van der Waals surface area contributed by atoms with Crippen LogP contribution in [0.1, 0.15) is 55.9 Å².